The van der Waals surface area contributed by atoms with Gasteiger partial charge in [0.25, 0.3) is 5.91 Å². The fourth-order valence-corrected chi connectivity index (χ4v) is 4.41. The Morgan fingerprint density at radius 1 is 1.29 bits per heavy atom. The van der Waals surface area contributed by atoms with Gasteiger partial charge in [-0.1, -0.05) is 11.8 Å². The van der Waals surface area contributed by atoms with Crippen LogP contribution in [0.3, 0.4) is 0 Å². The highest BCUT2D eigenvalue weighted by molar-refractivity contribution is 7.98. The van der Waals surface area contributed by atoms with Gasteiger partial charge in [0.15, 0.2) is 10.7 Å². The molecule has 0 saturated carbocycles. The number of aryl methyl sites for hydroxylation is 1. The SMILES string of the molecule is CSc1ncc2c(n1)N1CCC[C@H]1CN(c1ccc3oc(=O)n(C)c3c1)C2=O. The second-order valence-electron chi connectivity index (χ2n) is 7.08. The first-order valence-electron chi connectivity index (χ1n) is 9.16. The van der Waals surface area contributed by atoms with Gasteiger partial charge in [0.05, 0.1) is 5.52 Å². The molecule has 1 atom stereocenters. The number of anilines is 2. The van der Waals surface area contributed by atoms with Crippen molar-refractivity contribution in [2.45, 2.75) is 24.0 Å². The monoisotopic (exact) mass is 397 g/mol. The Bertz CT molecular complexity index is 1150. The van der Waals surface area contributed by atoms with E-state index in [1.165, 1.54) is 16.3 Å². The van der Waals surface area contributed by atoms with Gasteiger partial charge in [0, 0.05) is 38.1 Å². The summed E-state index contributed by atoms with van der Waals surface area (Å²) in [5.74, 6) is 0.190. The molecule has 0 radical (unpaired) electrons. The van der Waals surface area contributed by atoms with Crippen molar-refractivity contribution >= 4 is 40.3 Å². The molecule has 2 aliphatic rings. The predicted molar refractivity (Wildman–Crippen MR) is 107 cm³/mol. The number of thioether (sulfide) groups is 1. The van der Waals surface area contributed by atoms with Gasteiger partial charge in [0.1, 0.15) is 11.4 Å². The zero-order chi connectivity index (χ0) is 19.4. The molecule has 2 aromatic heterocycles. The van der Waals surface area contributed by atoms with E-state index in [-0.39, 0.29) is 11.9 Å². The lowest BCUT2D eigenvalue weighted by Gasteiger charge is -2.27. The van der Waals surface area contributed by atoms with Crippen LogP contribution in [0.5, 0.6) is 0 Å². The summed E-state index contributed by atoms with van der Waals surface area (Å²) in [5, 5.41) is 0.667. The summed E-state index contributed by atoms with van der Waals surface area (Å²) in [7, 11) is 1.66. The van der Waals surface area contributed by atoms with E-state index in [4.69, 9.17) is 4.42 Å². The Morgan fingerprint density at radius 2 is 2.14 bits per heavy atom. The standard InChI is InChI=1S/C19H19N5O3S/c1-22-14-8-11(5-6-15(14)27-19(22)26)24-10-12-4-3-7-23(12)16-13(17(24)25)9-20-18(21-16)28-2/h5-6,8-9,12H,3-4,7,10H2,1-2H3/t12-/m0/s1. The van der Waals surface area contributed by atoms with Crippen molar-refractivity contribution in [1.29, 1.82) is 0 Å². The van der Waals surface area contributed by atoms with Crippen molar-refractivity contribution in [1.82, 2.24) is 14.5 Å². The summed E-state index contributed by atoms with van der Waals surface area (Å²) in [4.78, 5) is 38.2. The molecule has 0 bridgehead atoms. The maximum absolute atomic E-state index is 13.4. The molecular weight excluding hydrogens is 378 g/mol. The number of amides is 1. The van der Waals surface area contributed by atoms with Crippen molar-refractivity contribution in [2.75, 3.05) is 29.1 Å². The number of rotatable bonds is 2. The fourth-order valence-electron chi connectivity index (χ4n) is 4.07. The van der Waals surface area contributed by atoms with E-state index in [0.717, 1.165) is 30.9 Å². The van der Waals surface area contributed by atoms with Crippen molar-refractivity contribution in [3.8, 4) is 0 Å². The van der Waals surface area contributed by atoms with E-state index in [2.05, 4.69) is 14.9 Å². The quantitative estimate of drug-likeness (QED) is 0.484. The molecule has 1 saturated heterocycles. The van der Waals surface area contributed by atoms with Crippen LogP contribution in [-0.2, 0) is 7.05 Å². The number of aromatic nitrogens is 3. The molecule has 3 aromatic rings. The zero-order valence-electron chi connectivity index (χ0n) is 15.6. The summed E-state index contributed by atoms with van der Waals surface area (Å²) >= 11 is 1.47. The Hall–Kier alpha value is -2.81. The molecule has 2 aliphatic heterocycles. The molecule has 144 valence electrons. The summed E-state index contributed by atoms with van der Waals surface area (Å²) in [5.41, 5.74) is 2.43. The maximum atomic E-state index is 13.4. The van der Waals surface area contributed by atoms with Gasteiger partial charge < -0.3 is 14.2 Å². The van der Waals surface area contributed by atoms with Gasteiger partial charge in [-0.3, -0.25) is 9.36 Å². The second-order valence-corrected chi connectivity index (χ2v) is 7.85. The topological polar surface area (TPSA) is 84.5 Å². The molecule has 0 N–H and O–H groups in total. The summed E-state index contributed by atoms with van der Waals surface area (Å²) < 4.78 is 6.67. The average molecular weight is 397 g/mol. The van der Waals surface area contributed by atoms with Crippen LogP contribution in [0.2, 0.25) is 0 Å². The van der Waals surface area contributed by atoms with Crippen molar-refractivity contribution < 1.29 is 9.21 Å². The third-order valence-electron chi connectivity index (χ3n) is 5.53. The van der Waals surface area contributed by atoms with Gasteiger partial charge in [-0.2, -0.15) is 0 Å². The first-order chi connectivity index (χ1) is 13.6. The summed E-state index contributed by atoms with van der Waals surface area (Å²) in [6, 6.07) is 5.60. The normalized spacial score (nSPS) is 19.1. The molecule has 1 fully saturated rings. The van der Waals surface area contributed by atoms with Gasteiger partial charge in [-0.05, 0) is 37.3 Å². The van der Waals surface area contributed by atoms with E-state index in [0.29, 0.717) is 28.4 Å². The second kappa shape index (κ2) is 6.37. The Labute approximate surface area is 165 Å². The molecule has 28 heavy (non-hydrogen) atoms. The first kappa shape index (κ1) is 17.3. The molecular formula is C19H19N5O3S. The number of hydrogen-bond donors (Lipinski definition) is 0. The number of oxazole rings is 1. The Kier molecular flexibility index (Phi) is 3.94. The third-order valence-corrected chi connectivity index (χ3v) is 6.10. The molecule has 1 aromatic carbocycles. The highest BCUT2D eigenvalue weighted by Crippen LogP contribution is 2.34. The van der Waals surface area contributed by atoms with Gasteiger partial charge in [0.2, 0.25) is 0 Å². The largest absolute Gasteiger partial charge is 0.419 e. The van der Waals surface area contributed by atoms with Crippen molar-refractivity contribution in [3.05, 3.63) is 40.5 Å². The van der Waals surface area contributed by atoms with Crippen LogP contribution < -0.4 is 15.6 Å². The molecule has 1 amide bonds. The van der Waals surface area contributed by atoms with Gasteiger partial charge in [-0.25, -0.2) is 14.8 Å². The highest BCUT2D eigenvalue weighted by atomic mass is 32.2. The minimum Gasteiger partial charge on any atom is -0.408 e. The predicted octanol–water partition coefficient (Wildman–Crippen LogP) is 2.27. The number of benzene rings is 1. The van der Waals surface area contributed by atoms with Gasteiger partial charge >= 0.3 is 5.76 Å². The Morgan fingerprint density at radius 3 is 2.96 bits per heavy atom. The van der Waals surface area contributed by atoms with E-state index in [1.807, 2.05) is 18.4 Å². The van der Waals surface area contributed by atoms with Crippen LogP contribution in [0.15, 0.2) is 38.8 Å². The minimum absolute atomic E-state index is 0.120. The fraction of sp³-hybridized carbons (Fsp3) is 0.368. The van der Waals surface area contributed by atoms with Crippen LogP contribution in [0, 0.1) is 0 Å². The van der Waals surface area contributed by atoms with Crippen LogP contribution in [0.25, 0.3) is 11.1 Å². The average Bonchev–Trinajstić information content (AvgIpc) is 3.26. The molecule has 0 unspecified atom stereocenters. The van der Waals surface area contributed by atoms with Crippen LogP contribution in [-0.4, -0.2) is 45.8 Å². The number of carbonyl (C=O) groups excluding carboxylic acids is 1. The molecule has 0 aliphatic carbocycles. The van der Waals surface area contributed by atoms with Crippen LogP contribution in [0.4, 0.5) is 11.5 Å². The lowest BCUT2D eigenvalue weighted by atomic mass is 10.2. The highest BCUT2D eigenvalue weighted by Gasteiger charge is 2.37. The molecule has 5 rings (SSSR count). The Balaban J connectivity index is 1.65. The number of nitrogens with zero attached hydrogens (tertiary/aromatic N) is 5. The van der Waals surface area contributed by atoms with Crippen molar-refractivity contribution in [2.24, 2.45) is 7.05 Å². The zero-order valence-corrected chi connectivity index (χ0v) is 16.4. The summed E-state index contributed by atoms with van der Waals surface area (Å²) in [6.07, 6.45) is 5.64. The van der Waals surface area contributed by atoms with E-state index in [1.54, 1.807) is 24.2 Å². The third kappa shape index (κ3) is 2.53. The van der Waals surface area contributed by atoms with Crippen molar-refractivity contribution in [3.63, 3.8) is 0 Å². The molecule has 9 heteroatoms. The minimum atomic E-state index is -0.417. The maximum Gasteiger partial charge on any atom is 0.419 e. The lowest BCUT2D eigenvalue weighted by Crippen LogP contribution is -2.39. The van der Waals surface area contributed by atoms with E-state index in [9.17, 15) is 9.59 Å². The number of carbonyl (C=O) groups is 1. The van der Waals surface area contributed by atoms with E-state index >= 15 is 0 Å². The first-order valence-corrected chi connectivity index (χ1v) is 10.4. The molecule has 8 nitrogen and oxygen atoms in total. The molecule has 4 heterocycles. The number of fused-ring (bicyclic) bond motifs is 4. The molecule has 0 spiro atoms. The smallest absolute Gasteiger partial charge is 0.408 e. The summed E-state index contributed by atoms with van der Waals surface area (Å²) in [6.45, 7) is 1.46. The lowest BCUT2D eigenvalue weighted by molar-refractivity contribution is 0.0988. The number of hydrogen-bond acceptors (Lipinski definition) is 7. The van der Waals surface area contributed by atoms with Gasteiger partial charge in [-0.15, -0.1) is 0 Å². The van der Waals surface area contributed by atoms with E-state index < -0.39 is 5.76 Å². The van der Waals surface area contributed by atoms with Crippen LogP contribution in [0.1, 0.15) is 23.2 Å². The van der Waals surface area contributed by atoms with Crippen LogP contribution >= 0.6 is 11.8 Å².